The zero-order valence-electron chi connectivity index (χ0n) is 9.01. The van der Waals surface area contributed by atoms with E-state index in [4.69, 9.17) is 0 Å². The van der Waals surface area contributed by atoms with Crippen LogP contribution in [0.3, 0.4) is 0 Å². The van der Waals surface area contributed by atoms with E-state index >= 15 is 0 Å². The standard InChI is InChI=1S/C13H18O/c1-3-10-6-9(2)7-12(11-4-5-11)13(10)8-14/h6-7,11,14H,3-5,8H2,1-2H3. The van der Waals surface area contributed by atoms with Crippen molar-refractivity contribution in [2.24, 2.45) is 0 Å². The summed E-state index contributed by atoms with van der Waals surface area (Å²) in [6.45, 7) is 4.51. The fraction of sp³-hybridized carbons (Fsp3) is 0.538. The van der Waals surface area contributed by atoms with Crippen LogP contribution in [-0.2, 0) is 13.0 Å². The maximum Gasteiger partial charge on any atom is 0.0687 e. The van der Waals surface area contributed by atoms with Crippen LogP contribution in [0.15, 0.2) is 12.1 Å². The molecule has 1 aromatic rings. The molecule has 14 heavy (non-hydrogen) atoms. The smallest absolute Gasteiger partial charge is 0.0687 e. The van der Waals surface area contributed by atoms with E-state index in [1.165, 1.54) is 35.1 Å². The summed E-state index contributed by atoms with van der Waals surface area (Å²) >= 11 is 0. The Morgan fingerprint density at radius 3 is 2.57 bits per heavy atom. The van der Waals surface area contributed by atoms with Crippen LogP contribution in [0.25, 0.3) is 0 Å². The van der Waals surface area contributed by atoms with Gasteiger partial charge in [-0.3, -0.25) is 0 Å². The topological polar surface area (TPSA) is 20.2 Å². The van der Waals surface area contributed by atoms with Crippen LogP contribution in [0.4, 0.5) is 0 Å². The zero-order valence-corrected chi connectivity index (χ0v) is 9.01. The molecule has 2 rings (SSSR count). The van der Waals surface area contributed by atoms with Crippen LogP contribution in [0.1, 0.15) is 47.9 Å². The highest BCUT2D eigenvalue weighted by molar-refractivity contribution is 5.42. The summed E-state index contributed by atoms with van der Waals surface area (Å²) in [5, 5.41) is 9.40. The number of aliphatic hydroxyl groups is 1. The average molecular weight is 190 g/mol. The molecule has 0 bridgehead atoms. The fourth-order valence-corrected chi connectivity index (χ4v) is 2.19. The largest absolute Gasteiger partial charge is 0.392 e. The van der Waals surface area contributed by atoms with Crippen molar-refractivity contribution in [3.8, 4) is 0 Å². The molecule has 0 amide bonds. The third-order valence-electron chi connectivity index (χ3n) is 3.08. The maximum atomic E-state index is 9.40. The molecule has 1 aliphatic carbocycles. The number of aliphatic hydroxyl groups excluding tert-OH is 1. The molecule has 0 saturated heterocycles. The van der Waals surface area contributed by atoms with Gasteiger partial charge < -0.3 is 5.11 Å². The Kier molecular flexibility index (Phi) is 2.60. The Bertz CT molecular complexity index is 337. The Morgan fingerprint density at radius 2 is 2.07 bits per heavy atom. The quantitative estimate of drug-likeness (QED) is 0.777. The molecule has 1 fully saturated rings. The highest BCUT2D eigenvalue weighted by Gasteiger charge is 2.26. The van der Waals surface area contributed by atoms with Crippen molar-refractivity contribution in [2.75, 3.05) is 0 Å². The lowest BCUT2D eigenvalue weighted by Gasteiger charge is -2.13. The minimum atomic E-state index is 0.204. The van der Waals surface area contributed by atoms with Gasteiger partial charge in [-0.2, -0.15) is 0 Å². The summed E-state index contributed by atoms with van der Waals surface area (Å²) in [7, 11) is 0. The lowest BCUT2D eigenvalue weighted by molar-refractivity contribution is 0.279. The molecule has 0 atom stereocenters. The lowest BCUT2D eigenvalue weighted by atomic mass is 9.94. The third kappa shape index (κ3) is 1.69. The van der Waals surface area contributed by atoms with Crippen LogP contribution < -0.4 is 0 Å². The van der Waals surface area contributed by atoms with E-state index in [1.54, 1.807) is 0 Å². The predicted octanol–water partition coefficient (Wildman–Crippen LogP) is 2.93. The molecule has 0 unspecified atom stereocenters. The number of rotatable bonds is 3. The number of benzene rings is 1. The number of hydrogen-bond donors (Lipinski definition) is 1. The minimum absolute atomic E-state index is 0.204. The van der Waals surface area contributed by atoms with Gasteiger partial charge in [0.2, 0.25) is 0 Å². The Hall–Kier alpha value is -0.820. The normalized spacial score (nSPS) is 15.9. The second-order valence-corrected chi connectivity index (χ2v) is 4.28. The zero-order chi connectivity index (χ0) is 10.1. The van der Waals surface area contributed by atoms with E-state index in [0.29, 0.717) is 0 Å². The highest BCUT2D eigenvalue weighted by Crippen LogP contribution is 2.42. The molecular formula is C13H18O. The van der Waals surface area contributed by atoms with Gasteiger partial charge in [-0.1, -0.05) is 24.6 Å². The molecule has 0 radical (unpaired) electrons. The van der Waals surface area contributed by atoms with Gasteiger partial charge in [0.25, 0.3) is 0 Å². The summed E-state index contributed by atoms with van der Waals surface area (Å²) in [5.41, 5.74) is 5.26. The van der Waals surface area contributed by atoms with Crippen molar-refractivity contribution in [3.05, 3.63) is 34.4 Å². The Balaban J connectivity index is 2.49. The lowest BCUT2D eigenvalue weighted by Crippen LogP contribution is -1.99. The van der Waals surface area contributed by atoms with Gasteiger partial charge in [0, 0.05) is 0 Å². The second-order valence-electron chi connectivity index (χ2n) is 4.28. The molecule has 1 saturated carbocycles. The van der Waals surface area contributed by atoms with Gasteiger partial charge in [0.15, 0.2) is 0 Å². The van der Waals surface area contributed by atoms with Crippen molar-refractivity contribution in [1.29, 1.82) is 0 Å². The van der Waals surface area contributed by atoms with Crippen LogP contribution >= 0.6 is 0 Å². The van der Waals surface area contributed by atoms with E-state index in [-0.39, 0.29) is 6.61 Å². The number of hydrogen-bond acceptors (Lipinski definition) is 1. The molecule has 1 heteroatoms. The van der Waals surface area contributed by atoms with Gasteiger partial charge in [0.05, 0.1) is 6.61 Å². The van der Waals surface area contributed by atoms with E-state index in [0.717, 1.165) is 12.3 Å². The Morgan fingerprint density at radius 1 is 1.36 bits per heavy atom. The van der Waals surface area contributed by atoms with Crippen LogP contribution in [0, 0.1) is 6.92 Å². The molecule has 0 aliphatic heterocycles. The van der Waals surface area contributed by atoms with E-state index in [2.05, 4.69) is 26.0 Å². The first-order valence-electron chi connectivity index (χ1n) is 5.49. The van der Waals surface area contributed by atoms with Crippen LogP contribution in [-0.4, -0.2) is 5.11 Å². The summed E-state index contributed by atoms with van der Waals surface area (Å²) in [5.74, 6) is 0.738. The molecule has 0 spiro atoms. The number of aryl methyl sites for hydroxylation is 2. The monoisotopic (exact) mass is 190 g/mol. The molecule has 1 aliphatic rings. The highest BCUT2D eigenvalue weighted by atomic mass is 16.3. The first-order valence-corrected chi connectivity index (χ1v) is 5.49. The maximum absolute atomic E-state index is 9.40. The molecule has 1 N–H and O–H groups in total. The van der Waals surface area contributed by atoms with Crippen molar-refractivity contribution >= 4 is 0 Å². The molecule has 0 heterocycles. The van der Waals surface area contributed by atoms with Gasteiger partial charge in [0.1, 0.15) is 0 Å². The minimum Gasteiger partial charge on any atom is -0.392 e. The summed E-state index contributed by atoms with van der Waals surface area (Å²) < 4.78 is 0. The van der Waals surface area contributed by atoms with Crippen molar-refractivity contribution in [1.82, 2.24) is 0 Å². The van der Waals surface area contributed by atoms with E-state index < -0.39 is 0 Å². The fourth-order valence-electron chi connectivity index (χ4n) is 2.19. The van der Waals surface area contributed by atoms with E-state index in [1.807, 2.05) is 0 Å². The van der Waals surface area contributed by atoms with Gasteiger partial charge in [-0.25, -0.2) is 0 Å². The van der Waals surface area contributed by atoms with Crippen molar-refractivity contribution < 1.29 is 5.11 Å². The van der Waals surface area contributed by atoms with Gasteiger partial charge >= 0.3 is 0 Å². The first kappa shape index (κ1) is 9.72. The SMILES string of the molecule is CCc1cc(C)cc(C2CC2)c1CO. The molecule has 1 nitrogen and oxygen atoms in total. The average Bonchev–Trinajstić information content (AvgIpc) is 2.99. The van der Waals surface area contributed by atoms with Crippen LogP contribution in [0.2, 0.25) is 0 Å². The molecule has 76 valence electrons. The molecule has 1 aromatic carbocycles. The molecular weight excluding hydrogens is 172 g/mol. The third-order valence-corrected chi connectivity index (χ3v) is 3.08. The van der Waals surface area contributed by atoms with E-state index in [9.17, 15) is 5.11 Å². The summed E-state index contributed by atoms with van der Waals surface area (Å²) in [4.78, 5) is 0. The summed E-state index contributed by atoms with van der Waals surface area (Å²) in [6, 6.07) is 4.46. The Labute approximate surface area is 85.8 Å². The van der Waals surface area contributed by atoms with Gasteiger partial charge in [-0.05, 0) is 48.8 Å². The molecule has 0 aromatic heterocycles. The van der Waals surface area contributed by atoms with Crippen LogP contribution in [0.5, 0.6) is 0 Å². The van der Waals surface area contributed by atoms with Gasteiger partial charge in [-0.15, -0.1) is 0 Å². The van der Waals surface area contributed by atoms with Crippen molar-refractivity contribution in [2.45, 2.75) is 45.6 Å². The second kappa shape index (κ2) is 3.74. The van der Waals surface area contributed by atoms with Crippen molar-refractivity contribution in [3.63, 3.8) is 0 Å². The predicted molar refractivity (Wildman–Crippen MR) is 58.5 cm³/mol. The first-order chi connectivity index (χ1) is 6.76. The summed E-state index contributed by atoms with van der Waals surface area (Å²) in [6.07, 6.45) is 3.64.